The van der Waals surface area contributed by atoms with Gasteiger partial charge in [-0.3, -0.25) is 0 Å². The van der Waals surface area contributed by atoms with Crippen LogP contribution in [0, 0.1) is 0 Å². The number of nitrogens with zero attached hydrogens (tertiary/aromatic N) is 2. The molecule has 4 nitrogen and oxygen atoms in total. The molecule has 0 aliphatic heterocycles. The van der Waals surface area contributed by atoms with Crippen molar-refractivity contribution >= 4 is 11.0 Å². The van der Waals surface area contributed by atoms with Crippen molar-refractivity contribution in [2.75, 3.05) is 7.11 Å². The van der Waals surface area contributed by atoms with Crippen LogP contribution in [0.3, 0.4) is 0 Å². The van der Waals surface area contributed by atoms with E-state index in [0.717, 1.165) is 23.3 Å². The van der Waals surface area contributed by atoms with Gasteiger partial charge in [0, 0.05) is 24.2 Å². The lowest BCUT2D eigenvalue weighted by molar-refractivity contribution is 0.413. The predicted octanol–water partition coefficient (Wildman–Crippen LogP) is 1.39. The van der Waals surface area contributed by atoms with Crippen LogP contribution in [0.15, 0.2) is 24.5 Å². The summed E-state index contributed by atoms with van der Waals surface area (Å²) in [7, 11) is 1.64. The summed E-state index contributed by atoms with van der Waals surface area (Å²) in [5.74, 6) is 0.779. The van der Waals surface area contributed by atoms with E-state index in [0.29, 0.717) is 0 Å². The lowest BCUT2D eigenvalue weighted by Gasteiger charge is -2.07. The van der Waals surface area contributed by atoms with Crippen LogP contribution in [-0.2, 0) is 6.54 Å². The Morgan fingerprint density at radius 3 is 3.07 bits per heavy atom. The van der Waals surface area contributed by atoms with Crippen molar-refractivity contribution in [1.29, 1.82) is 0 Å². The van der Waals surface area contributed by atoms with E-state index >= 15 is 0 Å². The molecule has 15 heavy (non-hydrogen) atoms. The number of hydrogen-bond donors (Lipinski definition) is 1. The second-order valence-electron chi connectivity index (χ2n) is 3.73. The van der Waals surface area contributed by atoms with Crippen molar-refractivity contribution in [2.24, 2.45) is 5.73 Å². The van der Waals surface area contributed by atoms with E-state index in [1.807, 2.05) is 25.3 Å². The summed E-state index contributed by atoms with van der Waals surface area (Å²) in [4.78, 5) is 4.35. The number of methoxy groups -OCH3 is 1. The maximum atomic E-state index is 5.76. The molecule has 0 bridgehead atoms. The first-order valence-corrected chi connectivity index (χ1v) is 4.95. The molecule has 0 spiro atoms. The summed E-state index contributed by atoms with van der Waals surface area (Å²) in [5.41, 5.74) is 6.71. The molecule has 0 saturated carbocycles. The Kier molecular flexibility index (Phi) is 2.60. The van der Waals surface area contributed by atoms with Gasteiger partial charge in [-0.15, -0.1) is 0 Å². The highest BCUT2D eigenvalue weighted by molar-refractivity contribution is 5.77. The number of nitrogens with two attached hydrogens (primary N) is 1. The van der Waals surface area contributed by atoms with E-state index in [1.165, 1.54) is 0 Å². The zero-order chi connectivity index (χ0) is 10.8. The Balaban J connectivity index is 2.43. The minimum atomic E-state index is 0.129. The molecule has 0 radical (unpaired) electrons. The molecule has 2 aromatic heterocycles. The smallest absolute Gasteiger partial charge is 0.140 e. The van der Waals surface area contributed by atoms with Crippen molar-refractivity contribution < 1.29 is 4.74 Å². The van der Waals surface area contributed by atoms with Crippen LogP contribution < -0.4 is 10.5 Å². The molecule has 0 aliphatic carbocycles. The standard InChI is InChI=1S/C11H15N3O/c1-8(12)7-14-4-3-9-5-10(15-2)6-13-11(9)14/h3-6,8H,7,12H2,1-2H3/t8-/m1/s1. The highest BCUT2D eigenvalue weighted by Crippen LogP contribution is 2.19. The summed E-state index contributed by atoms with van der Waals surface area (Å²) in [6, 6.07) is 4.12. The number of pyridine rings is 1. The molecule has 1 atom stereocenters. The largest absolute Gasteiger partial charge is 0.495 e. The normalized spacial score (nSPS) is 13.0. The van der Waals surface area contributed by atoms with Crippen LogP contribution in [0.25, 0.3) is 11.0 Å². The molecule has 2 N–H and O–H groups in total. The van der Waals surface area contributed by atoms with E-state index in [1.54, 1.807) is 13.3 Å². The Morgan fingerprint density at radius 2 is 2.40 bits per heavy atom. The quantitative estimate of drug-likeness (QED) is 0.823. The molecule has 0 fully saturated rings. The van der Waals surface area contributed by atoms with Crippen molar-refractivity contribution in [3.8, 4) is 5.75 Å². The molecule has 2 rings (SSSR count). The Hall–Kier alpha value is -1.55. The van der Waals surface area contributed by atoms with Gasteiger partial charge in [-0.05, 0) is 19.1 Å². The first kappa shape index (κ1) is 9.98. The lowest BCUT2D eigenvalue weighted by atomic mass is 10.3. The fourth-order valence-electron chi connectivity index (χ4n) is 1.63. The Morgan fingerprint density at radius 1 is 1.60 bits per heavy atom. The molecule has 0 aliphatic rings. The van der Waals surface area contributed by atoms with Crippen LogP contribution in [0.1, 0.15) is 6.92 Å². The average Bonchev–Trinajstić information content (AvgIpc) is 2.60. The third-order valence-corrected chi connectivity index (χ3v) is 2.30. The van der Waals surface area contributed by atoms with Crippen molar-refractivity contribution in [3.05, 3.63) is 24.5 Å². The minimum Gasteiger partial charge on any atom is -0.495 e. The fraction of sp³-hybridized carbons (Fsp3) is 0.364. The molecule has 0 aromatic carbocycles. The number of fused-ring (bicyclic) bond motifs is 1. The number of ether oxygens (including phenoxy) is 1. The second-order valence-corrected chi connectivity index (χ2v) is 3.73. The summed E-state index contributed by atoms with van der Waals surface area (Å²) in [6.07, 6.45) is 3.72. The van der Waals surface area contributed by atoms with Gasteiger partial charge in [0.2, 0.25) is 0 Å². The molecule has 4 heteroatoms. The lowest BCUT2D eigenvalue weighted by Crippen LogP contribution is -2.21. The van der Waals surface area contributed by atoms with Gasteiger partial charge in [0.05, 0.1) is 13.3 Å². The van der Waals surface area contributed by atoms with E-state index in [-0.39, 0.29) is 6.04 Å². The molecule has 0 amide bonds. The number of hydrogen-bond acceptors (Lipinski definition) is 3. The monoisotopic (exact) mass is 205 g/mol. The predicted molar refractivity (Wildman–Crippen MR) is 59.9 cm³/mol. The van der Waals surface area contributed by atoms with Gasteiger partial charge >= 0.3 is 0 Å². The van der Waals surface area contributed by atoms with E-state index in [2.05, 4.69) is 9.55 Å². The first-order chi connectivity index (χ1) is 7.20. The zero-order valence-electron chi connectivity index (χ0n) is 8.97. The molecular formula is C11H15N3O. The maximum absolute atomic E-state index is 5.76. The summed E-state index contributed by atoms with van der Waals surface area (Å²) in [6.45, 7) is 2.76. The van der Waals surface area contributed by atoms with Crippen molar-refractivity contribution in [3.63, 3.8) is 0 Å². The summed E-state index contributed by atoms with van der Waals surface area (Å²) >= 11 is 0. The van der Waals surface area contributed by atoms with Crippen LogP contribution in [0.5, 0.6) is 5.75 Å². The van der Waals surface area contributed by atoms with Gasteiger partial charge in [0.1, 0.15) is 11.4 Å². The third kappa shape index (κ3) is 1.94. The van der Waals surface area contributed by atoms with Crippen LogP contribution in [0.4, 0.5) is 0 Å². The molecule has 2 heterocycles. The molecule has 80 valence electrons. The molecule has 2 aromatic rings. The van der Waals surface area contributed by atoms with E-state index < -0.39 is 0 Å². The Bertz CT molecular complexity index is 462. The van der Waals surface area contributed by atoms with Gasteiger partial charge in [-0.1, -0.05) is 0 Å². The van der Waals surface area contributed by atoms with Crippen LogP contribution in [-0.4, -0.2) is 22.7 Å². The number of aromatic nitrogens is 2. The summed E-state index contributed by atoms with van der Waals surface area (Å²) < 4.78 is 7.17. The topological polar surface area (TPSA) is 53.1 Å². The van der Waals surface area contributed by atoms with Gasteiger partial charge in [0.15, 0.2) is 0 Å². The fourth-order valence-corrected chi connectivity index (χ4v) is 1.63. The van der Waals surface area contributed by atoms with Gasteiger partial charge in [0.25, 0.3) is 0 Å². The van der Waals surface area contributed by atoms with Gasteiger partial charge in [-0.25, -0.2) is 4.98 Å². The highest BCUT2D eigenvalue weighted by atomic mass is 16.5. The van der Waals surface area contributed by atoms with Crippen LogP contribution >= 0.6 is 0 Å². The first-order valence-electron chi connectivity index (χ1n) is 4.95. The highest BCUT2D eigenvalue weighted by Gasteiger charge is 2.05. The average molecular weight is 205 g/mol. The zero-order valence-corrected chi connectivity index (χ0v) is 8.97. The minimum absolute atomic E-state index is 0.129. The maximum Gasteiger partial charge on any atom is 0.140 e. The molecular weight excluding hydrogens is 190 g/mol. The SMILES string of the molecule is COc1cnc2c(ccn2C[C@@H](C)N)c1. The second kappa shape index (κ2) is 3.90. The molecule has 0 unspecified atom stereocenters. The third-order valence-electron chi connectivity index (χ3n) is 2.30. The van der Waals surface area contributed by atoms with Gasteiger partial charge < -0.3 is 15.0 Å². The van der Waals surface area contributed by atoms with Crippen molar-refractivity contribution in [2.45, 2.75) is 19.5 Å². The Labute approximate surface area is 88.7 Å². The van der Waals surface area contributed by atoms with Crippen molar-refractivity contribution in [1.82, 2.24) is 9.55 Å². The van der Waals surface area contributed by atoms with Crippen LogP contribution in [0.2, 0.25) is 0 Å². The summed E-state index contributed by atoms with van der Waals surface area (Å²) in [5, 5.41) is 1.08. The van der Waals surface area contributed by atoms with Gasteiger partial charge in [-0.2, -0.15) is 0 Å². The number of rotatable bonds is 3. The van der Waals surface area contributed by atoms with E-state index in [4.69, 9.17) is 10.5 Å². The van der Waals surface area contributed by atoms with E-state index in [9.17, 15) is 0 Å². The molecule has 0 saturated heterocycles.